The van der Waals surface area contributed by atoms with Crippen molar-refractivity contribution >= 4 is 11.9 Å². The molecule has 1 N–H and O–H groups in total. The number of aliphatic carboxylic acids is 1. The molecule has 0 fully saturated rings. The Morgan fingerprint density at radius 1 is 1.10 bits per heavy atom. The summed E-state index contributed by atoms with van der Waals surface area (Å²) in [6.07, 6.45) is 0.287. The van der Waals surface area contributed by atoms with E-state index in [4.69, 9.17) is 4.74 Å². The van der Waals surface area contributed by atoms with Crippen molar-refractivity contribution in [2.45, 2.75) is 25.9 Å². The van der Waals surface area contributed by atoms with Crippen molar-refractivity contribution < 1.29 is 19.4 Å². The number of hydrogen-bond acceptors (Lipinski definition) is 4. The largest absolute Gasteiger partial charge is 0.497 e. The van der Waals surface area contributed by atoms with Crippen LogP contribution in [0.2, 0.25) is 0 Å². The van der Waals surface area contributed by atoms with Crippen LogP contribution in [-0.4, -0.2) is 44.8 Å². The molecule has 1 aliphatic rings. The molecule has 2 aromatic carbocycles. The number of carboxylic acids is 1. The van der Waals surface area contributed by atoms with Crippen molar-refractivity contribution in [1.29, 1.82) is 0 Å². The highest BCUT2D eigenvalue weighted by atomic mass is 16.5. The smallest absolute Gasteiger partial charge is 0.326 e. The van der Waals surface area contributed by atoms with Gasteiger partial charge in [0.2, 0.25) is 0 Å². The lowest BCUT2D eigenvalue weighted by Gasteiger charge is -2.34. The van der Waals surface area contributed by atoms with Crippen LogP contribution in [0.5, 0.6) is 5.75 Å². The number of rotatable bonds is 4. The second-order valence-electron chi connectivity index (χ2n) is 7.04. The molecule has 7 heteroatoms. The molecule has 0 radical (unpaired) electrons. The van der Waals surface area contributed by atoms with Crippen LogP contribution in [0.1, 0.15) is 27.3 Å². The van der Waals surface area contributed by atoms with Crippen LogP contribution in [0.15, 0.2) is 54.6 Å². The SMILES string of the molecule is COc1ccc(-n2nc(C(=O)N3Cc4ccccc4CC3C(=O)O)cc2C)cc1. The van der Waals surface area contributed by atoms with Gasteiger partial charge in [0.05, 0.1) is 12.8 Å². The fraction of sp³-hybridized carbons (Fsp3) is 0.227. The number of methoxy groups -OCH3 is 1. The van der Waals surface area contributed by atoms with Crippen molar-refractivity contribution in [3.63, 3.8) is 0 Å². The summed E-state index contributed by atoms with van der Waals surface area (Å²) < 4.78 is 6.84. The first-order valence-corrected chi connectivity index (χ1v) is 9.29. The maximum Gasteiger partial charge on any atom is 0.326 e. The second-order valence-corrected chi connectivity index (χ2v) is 7.04. The summed E-state index contributed by atoms with van der Waals surface area (Å²) in [6, 6.07) is 15.7. The molecule has 0 saturated carbocycles. The van der Waals surface area contributed by atoms with E-state index in [0.29, 0.717) is 0 Å². The maximum absolute atomic E-state index is 13.2. The van der Waals surface area contributed by atoms with E-state index in [-0.39, 0.29) is 24.6 Å². The second kappa shape index (κ2) is 7.43. The molecule has 1 amide bonds. The monoisotopic (exact) mass is 391 g/mol. The summed E-state index contributed by atoms with van der Waals surface area (Å²) >= 11 is 0. The predicted octanol–water partition coefficient (Wildman–Crippen LogP) is 2.84. The average molecular weight is 391 g/mol. The van der Waals surface area contributed by atoms with Gasteiger partial charge in [0, 0.05) is 18.7 Å². The number of carbonyl (C=O) groups is 2. The van der Waals surface area contributed by atoms with Gasteiger partial charge in [-0.15, -0.1) is 0 Å². The highest BCUT2D eigenvalue weighted by molar-refractivity contribution is 5.95. The van der Waals surface area contributed by atoms with Gasteiger partial charge in [-0.1, -0.05) is 24.3 Å². The zero-order valence-corrected chi connectivity index (χ0v) is 16.2. The zero-order valence-electron chi connectivity index (χ0n) is 16.2. The van der Waals surface area contributed by atoms with E-state index >= 15 is 0 Å². The molecule has 4 rings (SSSR count). The molecular formula is C22H21N3O4. The topological polar surface area (TPSA) is 84.7 Å². The fourth-order valence-corrected chi connectivity index (χ4v) is 3.67. The number of amides is 1. The maximum atomic E-state index is 13.2. The van der Waals surface area contributed by atoms with Gasteiger partial charge in [-0.05, 0) is 48.4 Å². The molecule has 0 spiro atoms. The van der Waals surface area contributed by atoms with E-state index in [9.17, 15) is 14.7 Å². The summed E-state index contributed by atoms with van der Waals surface area (Å²) in [4.78, 5) is 26.4. The Balaban J connectivity index is 1.66. The molecule has 0 bridgehead atoms. The van der Waals surface area contributed by atoms with Gasteiger partial charge in [0.25, 0.3) is 5.91 Å². The van der Waals surface area contributed by atoms with Crippen molar-refractivity contribution in [2.24, 2.45) is 0 Å². The summed E-state index contributed by atoms with van der Waals surface area (Å²) in [6.45, 7) is 2.11. The number of carboxylic acid groups (broad SMARTS) is 1. The molecular weight excluding hydrogens is 370 g/mol. The number of aryl methyl sites for hydroxylation is 1. The van der Waals surface area contributed by atoms with Crippen LogP contribution in [0.25, 0.3) is 5.69 Å². The summed E-state index contributed by atoms with van der Waals surface area (Å²) in [5.41, 5.74) is 3.72. The Morgan fingerprint density at radius 3 is 2.45 bits per heavy atom. The summed E-state index contributed by atoms with van der Waals surface area (Å²) in [7, 11) is 1.60. The van der Waals surface area contributed by atoms with Gasteiger partial charge < -0.3 is 14.7 Å². The molecule has 1 aliphatic heterocycles. The standard InChI is InChI=1S/C22H21N3O4/c1-14-11-19(23-25(14)17-7-9-18(29-2)10-8-17)21(26)24-13-16-6-4-3-5-15(16)12-20(24)22(27)28/h3-11,20H,12-13H2,1-2H3,(H,27,28). The lowest BCUT2D eigenvalue weighted by atomic mass is 9.93. The number of fused-ring (bicyclic) bond motifs is 1. The quantitative estimate of drug-likeness (QED) is 0.739. The minimum atomic E-state index is -1.01. The number of aromatic nitrogens is 2. The average Bonchev–Trinajstić information content (AvgIpc) is 3.13. The van der Waals surface area contributed by atoms with Gasteiger partial charge in [-0.3, -0.25) is 4.79 Å². The third-order valence-electron chi connectivity index (χ3n) is 5.22. The lowest BCUT2D eigenvalue weighted by Crippen LogP contribution is -2.48. The molecule has 1 atom stereocenters. The number of ether oxygens (including phenoxy) is 1. The number of carbonyl (C=O) groups excluding carboxylic acids is 1. The first kappa shape index (κ1) is 18.7. The number of benzene rings is 2. The molecule has 148 valence electrons. The van der Waals surface area contributed by atoms with Crippen LogP contribution in [0.3, 0.4) is 0 Å². The van der Waals surface area contributed by atoms with Crippen molar-refractivity contribution in [1.82, 2.24) is 14.7 Å². The Labute approximate surface area is 168 Å². The molecule has 1 unspecified atom stereocenters. The van der Waals surface area contributed by atoms with E-state index in [2.05, 4.69) is 5.10 Å². The van der Waals surface area contributed by atoms with Crippen LogP contribution in [0.4, 0.5) is 0 Å². The van der Waals surface area contributed by atoms with Crippen LogP contribution in [-0.2, 0) is 17.8 Å². The number of nitrogens with zero attached hydrogens (tertiary/aromatic N) is 3. The molecule has 29 heavy (non-hydrogen) atoms. The van der Waals surface area contributed by atoms with Gasteiger partial charge in [0.1, 0.15) is 11.8 Å². The minimum absolute atomic E-state index is 0.226. The normalized spacial score (nSPS) is 15.7. The van der Waals surface area contributed by atoms with Crippen molar-refractivity contribution in [3.05, 3.63) is 77.1 Å². The van der Waals surface area contributed by atoms with E-state index in [1.165, 1.54) is 4.90 Å². The predicted molar refractivity (Wildman–Crippen MR) is 106 cm³/mol. The Morgan fingerprint density at radius 2 is 1.79 bits per heavy atom. The summed E-state index contributed by atoms with van der Waals surface area (Å²) in [5.74, 6) is -0.674. The molecule has 7 nitrogen and oxygen atoms in total. The van der Waals surface area contributed by atoms with Crippen LogP contribution >= 0.6 is 0 Å². The molecule has 2 heterocycles. The molecule has 0 saturated heterocycles. The highest BCUT2D eigenvalue weighted by Crippen LogP contribution is 2.26. The number of hydrogen-bond donors (Lipinski definition) is 1. The molecule has 3 aromatic rings. The van der Waals surface area contributed by atoms with Crippen molar-refractivity contribution in [2.75, 3.05) is 7.11 Å². The lowest BCUT2D eigenvalue weighted by molar-refractivity contribution is -0.142. The van der Waals surface area contributed by atoms with E-state index < -0.39 is 12.0 Å². The van der Waals surface area contributed by atoms with Gasteiger partial charge in [-0.25, -0.2) is 9.48 Å². The van der Waals surface area contributed by atoms with Gasteiger partial charge in [0.15, 0.2) is 5.69 Å². The van der Waals surface area contributed by atoms with Crippen LogP contribution < -0.4 is 4.74 Å². The van der Waals surface area contributed by atoms with Gasteiger partial charge >= 0.3 is 5.97 Å². The first-order chi connectivity index (χ1) is 14.0. The van der Waals surface area contributed by atoms with E-state index in [1.54, 1.807) is 17.9 Å². The molecule has 0 aliphatic carbocycles. The van der Waals surface area contributed by atoms with Gasteiger partial charge in [-0.2, -0.15) is 5.10 Å². The minimum Gasteiger partial charge on any atom is -0.497 e. The highest BCUT2D eigenvalue weighted by Gasteiger charge is 2.36. The summed E-state index contributed by atoms with van der Waals surface area (Å²) in [5, 5.41) is 14.1. The Kier molecular flexibility index (Phi) is 4.80. The Bertz CT molecular complexity index is 1070. The zero-order chi connectivity index (χ0) is 20.5. The van der Waals surface area contributed by atoms with Crippen molar-refractivity contribution in [3.8, 4) is 11.4 Å². The third-order valence-corrected chi connectivity index (χ3v) is 5.22. The van der Waals surface area contributed by atoms with E-state index in [1.807, 2.05) is 55.5 Å². The fourth-order valence-electron chi connectivity index (χ4n) is 3.67. The first-order valence-electron chi connectivity index (χ1n) is 9.29. The Hall–Kier alpha value is -3.61. The third kappa shape index (κ3) is 3.47. The van der Waals surface area contributed by atoms with Crippen LogP contribution in [0, 0.1) is 6.92 Å². The molecule has 1 aromatic heterocycles. The van der Waals surface area contributed by atoms with E-state index in [0.717, 1.165) is 28.3 Å².